The van der Waals surface area contributed by atoms with Crippen LogP contribution in [0.25, 0.3) is 0 Å². The molecular formula is C18H18F2N2O3. The first-order valence-corrected chi connectivity index (χ1v) is 7.63. The van der Waals surface area contributed by atoms with E-state index in [2.05, 4.69) is 15.4 Å². The molecule has 0 bridgehead atoms. The molecule has 0 spiro atoms. The van der Waals surface area contributed by atoms with Gasteiger partial charge in [-0.2, -0.15) is 8.78 Å². The number of hydrogen-bond acceptors (Lipinski definition) is 3. The van der Waals surface area contributed by atoms with Gasteiger partial charge >= 0.3 is 6.61 Å². The minimum Gasteiger partial charge on any atom is -0.435 e. The van der Waals surface area contributed by atoms with Crippen molar-refractivity contribution in [3.63, 3.8) is 0 Å². The fourth-order valence-corrected chi connectivity index (χ4v) is 2.17. The molecule has 0 aliphatic carbocycles. The van der Waals surface area contributed by atoms with Crippen molar-refractivity contribution < 1.29 is 23.1 Å². The monoisotopic (exact) mass is 348 g/mol. The van der Waals surface area contributed by atoms with Crippen LogP contribution in [-0.4, -0.2) is 25.0 Å². The molecule has 0 fully saturated rings. The molecule has 1 atom stereocenters. The van der Waals surface area contributed by atoms with Crippen LogP contribution in [0.15, 0.2) is 54.6 Å². The second-order valence-electron chi connectivity index (χ2n) is 5.29. The van der Waals surface area contributed by atoms with Gasteiger partial charge in [0.1, 0.15) is 5.75 Å². The average molecular weight is 348 g/mol. The van der Waals surface area contributed by atoms with Gasteiger partial charge in [0, 0.05) is 5.56 Å². The Bertz CT molecular complexity index is 706. The molecule has 2 N–H and O–H groups in total. The first-order chi connectivity index (χ1) is 12.0. The van der Waals surface area contributed by atoms with Gasteiger partial charge in [0.15, 0.2) is 0 Å². The SMILES string of the molecule is C[C@H](NC(=O)CNC(=O)c1ccc(OC(F)F)cc1)c1ccccc1. The van der Waals surface area contributed by atoms with E-state index in [1.807, 2.05) is 37.3 Å². The summed E-state index contributed by atoms with van der Waals surface area (Å²) in [7, 11) is 0. The second kappa shape index (κ2) is 8.77. The molecule has 0 saturated heterocycles. The molecule has 2 aromatic carbocycles. The van der Waals surface area contributed by atoms with Gasteiger partial charge in [-0.1, -0.05) is 30.3 Å². The van der Waals surface area contributed by atoms with E-state index in [1.165, 1.54) is 24.3 Å². The van der Waals surface area contributed by atoms with Crippen LogP contribution in [0, 0.1) is 0 Å². The van der Waals surface area contributed by atoms with Crippen molar-refractivity contribution in [1.82, 2.24) is 10.6 Å². The summed E-state index contributed by atoms with van der Waals surface area (Å²) in [5.74, 6) is -0.852. The summed E-state index contributed by atoms with van der Waals surface area (Å²) in [5, 5.41) is 5.25. The normalized spacial score (nSPS) is 11.7. The van der Waals surface area contributed by atoms with Crippen molar-refractivity contribution in [1.29, 1.82) is 0 Å². The Hall–Kier alpha value is -2.96. The van der Waals surface area contributed by atoms with E-state index in [4.69, 9.17) is 0 Å². The molecule has 0 unspecified atom stereocenters. The molecule has 0 aromatic heterocycles. The Kier molecular flexibility index (Phi) is 6.45. The summed E-state index contributed by atoms with van der Waals surface area (Å²) in [6.45, 7) is -1.27. The smallest absolute Gasteiger partial charge is 0.387 e. The summed E-state index contributed by atoms with van der Waals surface area (Å²) < 4.78 is 28.3. The Morgan fingerprint density at radius 2 is 1.68 bits per heavy atom. The summed E-state index contributed by atoms with van der Waals surface area (Å²) in [6, 6.07) is 14.5. The molecule has 0 saturated carbocycles. The average Bonchev–Trinajstić information content (AvgIpc) is 2.60. The number of halogens is 2. The summed E-state index contributed by atoms with van der Waals surface area (Å²) >= 11 is 0. The fourth-order valence-electron chi connectivity index (χ4n) is 2.17. The van der Waals surface area contributed by atoms with Crippen LogP contribution in [0.4, 0.5) is 8.78 Å². The van der Waals surface area contributed by atoms with Crippen LogP contribution in [0.3, 0.4) is 0 Å². The van der Waals surface area contributed by atoms with Gasteiger partial charge in [-0.25, -0.2) is 0 Å². The largest absolute Gasteiger partial charge is 0.435 e. The van der Waals surface area contributed by atoms with Crippen LogP contribution < -0.4 is 15.4 Å². The Labute approximate surface area is 144 Å². The van der Waals surface area contributed by atoms with Crippen molar-refractivity contribution in [2.45, 2.75) is 19.6 Å². The van der Waals surface area contributed by atoms with Crippen LogP contribution in [0.5, 0.6) is 5.75 Å². The zero-order valence-corrected chi connectivity index (χ0v) is 13.5. The molecule has 7 heteroatoms. The highest BCUT2D eigenvalue weighted by Crippen LogP contribution is 2.15. The number of ether oxygens (including phenoxy) is 1. The lowest BCUT2D eigenvalue weighted by atomic mass is 10.1. The fraction of sp³-hybridized carbons (Fsp3) is 0.222. The third kappa shape index (κ3) is 5.87. The van der Waals surface area contributed by atoms with Crippen LogP contribution in [0.2, 0.25) is 0 Å². The Balaban J connectivity index is 1.82. The van der Waals surface area contributed by atoms with Gasteiger partial charge in [-0.05, 0) is 36.8 Å². The van der Waals surface area contributed by atoms with Gasteiger partial charge in [-0.3, -0.25) is 9.59 Å². The lowest BCUT2D eigenvalue weighted by molar-refractivity contribution is -0.120. The maximum atomic E-state index is 12.1. The molecular weight excluding hydrogens is 330 g/mol. The predicted octanol–water partition coefficient (Wildman–Crippen LogP) is 2.90. The number of carbonyl (C=O) groups is 2. The van der Waals surface area contributed by atoms with Gasteiger partial charge < -0.3 is 15.4 Å². The number of hydrogen-bond donors (Lipinski definition) is 2. The third-order valence-corrected chi connectivity index (χ3v) is 3.43. The zero-order valence-electron chi connectivity index (χ0n) is 13.5. The van der Waals surface area contributed by atoms with Crippen LogP contribution in [0.1, 0.15) is 28.9 Å². The van der Waals surface area contributed by atoms with Gasteiger partial charge in [0.05, 0.1) is 12.6 Å². The quantitative estimate of drug-likeness (QED) is 0.808. The predicted molar refractivity (Wildman–Crippen MR) is 88.4 cm³/mol. The number of carbonyl (C=O) groups excluding carboxylic acids is 2. The first-order valence-electron chi connectivity index (χ1n) is 7.63. The summed E-state index contributed by atoms with van der Waals surface area (Å²) in [4.78, 5) is 23.9. The number of alkyl halides is 2. The van der Waals surface area contributed by atoms with Crippen molar-refractivity contribution in [3.8, 4) is 5.75 Å². The standard InChI is InChI=1S/C18H18F2N2O3/c1-12(13-5-3-2-4-6-13)22-16(23)11-21-17(24)14-7-9-15(10-8-14)25-18(19)20/h2-10,12,18H,11H2,1H3,(H,21,24)(H,22,23)/t12-/m0/s1. The lowest BCUT2D eigenvalue weighted by Gasteiger charge is -2.14. The molecule has 132 valence electrons. The highest BCUT2D eigenvalue weighted by molar-refractivity contribution is 5.96. The maximum Gasteiger partial charge on any atom is 0.387 e. The lowest BCUT2D eigenvalue weighted by Crippen LogP contribution is -2.38. The number of benzene rings is 2. The molecule has 0 aliphatic heterocycles. The van der Waals surface area contributed by atoms with E-state index in [9.17, 15) is 18.4 Å². The zero-order chi connectivity index (χ0) is 18.2. The number of rotatable bonds is 7. The molecule has 2 amide bonds. The van der Waals surface area contributed by atoms with Gasteiger partial charge in [-0.15, -0.1) is 0 Å². The molecule has 0 radical (unpaired) electrons. The van der Waals surface area contributed by atoms with Crippen molar-refractivity contribution in [2.75, 3.05) is 6.54 Å². The van der Waals surface area contributed by atoms with Crippen molar-refractivity contribution in [3.05, 3.63) is 65.7 Å². The van der Waals surface area contributed by atoms with Crippen molar-refractivity contribution >= 4 is 11.8 Å². The summed E-state index contributed by atoms with van der Waals surface area (Å²) in [6.07, 6.45) is 0. The molecule has 2 rings (SSSR count). The van der Waals surface area contributed by atoms with Gasteiger partial charge in [0.25, 0.3) is 5.91 Å². The van der Waals surface area contributed by atoms with Gasteiger partial charge in [0.2, 0.25) is 5.91 Å². The number of amides is 2. The first kappa shape index (κ1) is 18.4. The van der Waals surface area contributed by atoms with E-state index in [-0.39, 0.29) is 29.8 Å². The molecule has 25 heavy (non-hydrogen) atoms. The Morgan fingerprint density at radius 3 is 2.28 bits per heavy atom. The minimum atomic E-state index is -2.92. The maximum absolute atomic E-state index is 12.1. The molecule has 5 nitrogen and oxygen atoms in total. The van der Waals surface area contributed by atoms with E-state index in [0.717, 1.165) is 5.56 Å². The molecule has 2 aromatic rings. The highest BCUT2D eigenvalue weighted by Gasteiger charge is 2.12. The molecule has 0 heterocycles. The second-order valence-corrected chi connectivity index (χ2v) is 5.29. The Morgan fingerprint density at radius 1 is 1.04 bits per heavy atom. The highest BCUT2D eigenvalue weighted by atomic mass is 19.3. The van der Waals surface area contributed by atoms with E-state index < -0.39 is 12.5 Å². The van der Waals surface area contributed by atoms with E-state index in [0.29, 0.717) is 0 Å². The third-order valence-electron chi connectivity index (χ3n) is 3.43. The van der Waals surface area contributed by atoms with Crippen LogP contribution in [-0.2, 0) is 4.79 Å². The number of nitrogens with one attached hydrogen (secondary N) is 2. The minimum absolute atomic E-state index is 0.0408. The summed E-state index contributed by atoms with van der Waals surface area (Å²) in [5.41, 5.74) is 1.20. The van der Waals surface area contributed by atoms with Crippen LogP contribution >= 0.6 is 0 Å². The van der Waals surface area contributed by atoms with E-state index in [1.54, 1.807) is 0 Å². The van der Waals surface area contributed by atoms with E-state index >= 15 is 0 Å². The topological polar surface area (TPSA) is 67.4 Å². The molecule has 0 aliphatic rings. The van der Waals surface area contributed by atoms with Crippen molar-refractivity contribution in [2.24, 2.45) is 0 Å².